The molecular formula is C22H33Cl2N2O6+. The lowest BCUT2D eigenvalue weighted by Gasteiger charge is -2.44. The van der Waals surface area contributed by atoms with Crippen molar-refractivity contribution in [1.29, 1.82) is 0 Å². The molecular weight excluding hydrogens is 459 g/mol. The molecule has 0 bridgehead atoms. The monoisotopic (exact) mass is 491 g/mol. The predicted octanol–water partition coefficient (Wildman–Crippen LogP) is 2.50. The quantitative estimate of drug-likeness (QED) is 0.368. The Morgan fingerprint density at radius 3 is 2.09 bits per heavy atom. The van der Waals surface area contributed by atoms with Gasteiger partial charge in [0.2, 0.25) is 0 Å². The highest BCUT2D eigenvalue weighted by Gasteiger charge is 2.44. The minimum atomic E-state index is -2.27. The first-order chi connectivity index (χ1) is 15.1. The van der Waals surface area contributed by atoms with Crippen molar-refractivity contribution < 1.29 is 34.5 Å². The van der Waals surface area contributed by atoms with Gasteiger partial charge in [-0.3, -0.25) is 0 Å². The SMILES string of the molecule is NC[C@@H]1CC[N+](Cc2ccc(Cl)cc2Cl)(C2CCCCC2)C1.O=C(O)C(O)C(O)C(=O)O. The van der Waals surface area contributed by atoms with Gasteiger partial charge < -0.3 is 30.6 Å². The summed E-state index contributed by atoms with van der Waals surface area (Å²) in [5.41, 5.74) is 7.22. The standard InChI is InChI=1S/C18H27Cl2N2.C4H6O6/c19-16-7-6-15(18(20)10-16)13-22(9-8-14(11-21)12-22)17-4-2-1-3-5-17;5-1(3(7)8)2(6)4(9)10/h6-7,10,14,17H,1-5,8-9,11-13,21H2;1-2,5-6H,(H,7,8)(H,9,10)/q+1;/t14-,22?;/m0./s1. The van der Waals surface area contributed by atoms with Crippen LogP contribution < -0.4 is 5.73 Å². The van der Waals surface area contributed by atoms with E-state index in [-0.39, 0.29) is 0 Å². The number of nitrogens with zero attached hydrogens (tertiary/aromatic N) is 1. The Labute approximate surface area is 198 Å². The summed E-state index contributed by atoms with van der Waals surface area (Å²) < 4.78 is 1.20. The molecule has 4 atom stereocenters. The Morgan fingerprint density at radius 2 is 1.62 bits per heavy atom. The second-order valence-electron chi connectivity index (χ2n) is 8.77. The minimum Gasteiger partial charge on any atom is -0.479 e. The molecule has 1 aliphatic heterocycles. The highest BCUT2D eigenvalue weighted by molar-refractivity contribution is 6.35. The average Bonchev–Trinajstić information content (AvgIpc) is 3.20. The van der Waals surface area contributed by atoms with E-state index in [0.717, 1.165) is 29.2 Å². The number of carbonyl (C=O) groups is 2. The fraction of sp³-hybridized carbons (Fsp3) is 0.636. The zero-order chi connectivity index (χ0) is 23.9. The average molecular weight is 492 g/mol. The maximum Gasteiger partial charge on any atom is 0.335 e. The number of carboxylic acid groups (broad SMARTS) is 2. The lowest BCUT2D eigenvalue weighted by molar-refractivity contribution is -0.955. The van der Waals surface area contributed by atoms with Gasteiger partial charge >= 0.3 is 11.9 Å². The highest BCUT2D eigenvalue weighted by atomic mass is 35.5. The number of carboxylic acids is 2. The van der Waals surface area contributed by atoms with Crippen molar-refractivity contribution in [3.05, 3.63) is 33.8 Å². The highest BCUT2D eigenvalue weighted by Crippen LogP contribution is 2.38. The molecule has 8 nitrogen and oxygen atoms in total. The summed E-state index contributed by atoms with van der Waals surface area (Å²) >= 11 is 12.5. The van der Waals surface area contributed by atoms with Crippen molar-refractivity contribution in [2.24, 2.45) is 11.7 Å². The first-order valence-corrected chi connectivity index (χ1v) is 11.7. The maximum atomic E-state index is 9.77. The van der Waals surface area contributed by atoms with E-state index in [1.54, 1.807) is 0 Å². The second kappa shape index (κ2) is 12.2. The van der Waals surface area contributed by atoms with Gasteiger partial charge in [-0.25, -0.2) is 9.59 Å². The summed E-state index contributed by atoms with van der Waals surface area (Å²) in [6.45, 7) is 4.34. The fourth-order valence-electron chi connectivity index (χ4n) is 4.82. The van der Waals surface area contributed by atoms with E-state index >= 15 is 0 Å². The van der Waals surface area contributed by atoms with Gasteiger partial charge in [-0.15, -0.1) is 0 Å². The number of hydrogen-bond acceptors (Lipinski definition) is 5. The molecule has 0 radical (unpaired) electrons. The van der Waals surface area contributed by atoms with Crippen molar-refractivity contribution in [3.63, 3.8) is 0 Å². The van der Waals surface area contributed by atoms with Crippen LogP contribution in [0.1, 0.15) is 44.1 Å². The minimum absolute atomic E-state index is 0.674. The van der Waals surface area contributed by atoms with Crippen LogP contribution in [0, 0.1) is 5.92 Å². The van der Waals surface area contributed by atoms with Gasteiger partial charge in [0.25, 0.3) is 0 Å². The lowest BCUT2D eigenvalue weighted by Crippen LogP contribution is -2.54. The Hall–Kier alpha value is -1.42. The van der Waals surface area contributed by atoms with E-state index in [0.29, 0.717) is 5.92 Å². The summed E-state index contributed by atoms with van der Waals surface area (Å²) in [5, 5.41) is 34.1. The smallest absolute Gasteiger partial charge is 0.335 e. The molecule has 1 heterocycles. The molecule has 1 aromatic rings. The third-order valence-corrected chi connectivity index (χ3v) is 7.18. The molecule has 3 rings (SSSR count). The number of aliphatic carboxylic acids is 2. The summed E-state index contributed by atoms with van der Waals surface area (Å²) in [4.78, 5) is 19.5. The normalized spacial score (nSPS) is 25.5. The van der Waals surface area contributed by atoms with E-state index in [9.17, 15) is 9.59 Å². The van der Waals surface area contributed by atoms with Gasteiger partial charge in [-0.05, 0) is 37.8 Å². The van der Waals surface area contributed by atoms with Crippen LogP contribution in [0.4, 0.5) is 0 Å². The molecule has 1 saturated heterocycles. The maximum absolute atomic E-state index is 9.77. The number of quaternary nitrogens is 1. The van der Waals surface area contributed by atoms with Crippen LogP contribution in [-0.4, -0.2) is 74.7 Å². The molecule has 2 aliphatic rings. The third kappa shape index (κ3) is 7.04. The number of aliphatic hydroxyl groups excluding tert-OH is 2. The van der Waals surface area contributed by atoms with Crippen LogP contribution in [0.25, 0.3) is 0 Å². The molecule has 1 aromatic carbocycles. The van der Waals surface area contributed by atoms with Gasteiger partial charge in [0.05, 0.1) is 24.2 Å². The number of benzene rings is 1. The zero-order valence-corrected chi connectivity index (χ0v) is 19.5. The van der Waals surface area contributed by atoms with Gasteiger partial charge in [-0.1, -0.05) is 35.7 Å². The second-order valence-corrected chi connectivity index (χ2v) is 9.61. The number of likely N-dealkylation sites (tertiary alicyclic amines) is 1. The summed E-state index contributed by atoms with van der Waals surface area (Å²) in [6, 6.07) is 6.75. The van der Waals surface area contributed by atoms with E-state index < -0.39 is 24.1 Å². The molecule has 1 aliphatic carbocycles. The molecule has 180 valence electrons. The van der Waals surface area contributed by atoms with Crippen LogP contribution in [0.2, 0.25) is 10.0 Å². The van der Waals surface area contributed by atoms with E-state index in [4.69, 9.17) is 49.4 Å². The largest absolute Gasteiger partial charge is 0.479 e. The lowest BCUT2D eigenvalue weighted by atomic mass is 9.91. The van der Waals surface area contributed by atoms with Gasteiger partial charge in [-0.2, -0.15) is 0 Å². The van der Waals surface area contributed by atoms with Gasteiger partial charge in [0.15, 0.2) is 12.2 Å². The first-order valence-electron chi connectivity index (χ1n) is 10.9. The van der Waals surface area contributed by atoms with Crippen molar-refractivity contribution >= 4 is 35.1 Å². The molecule has 0 amide bonds. The number of rotatable bonds is 7. The molecule has 1 saturated carbocycles. The number of nitrogens with two attached hydrogens (primary N) is 1. The van der Waals surface area contributed by atoms with E-state index in [2.05, 4.69) is 6.07 Å². The molecule has 10 heteroatoms. The zero-order valence-electron chi connectivity index (χ0n) is 18.0. The van der Waals surface area contributed by atoms with Gasteiger partial charge in [0.1, 0.15) is 6.54 Å². The Bertz CT molecular complexity index is 772. The fourth-order valence-corrected chi connectivity index (χ4v) is 5.29. The van der Waals surface area contributed by atoms with Gasteiger partial charge in [0, 0.05) is 29.5 Å². The van der Waals surface area contributed by atoms with E-state index in [1.165, 1.54) is 61.7 Å². The molecule has 0 spiro atoms. The number of halogens is 2. The van der Waals surface area contributed by atoms with Crippen molar-refractivity contribution in [2.75, 3.05) is 19.6 Å². The van der Waals surface area contributed by atoms with Crippen molar-refractivity contribution in [1.82, 2.24) is 0 Å². The molecule has 6 N–H and O–H groups in total. The molecule has 0 aromatic heterocycles. The Kier molecular flexibility index (Phi) is 10.2. The predicted molar refractivity (Wildman–Crippen MR) is 121 cm³/mol. The number of hydrogen-bond donors (Lipinski definition) is 5. The van der Waals surface area contributed by atoms with E-state index in [1.807, 2.05) is 12.1 Å². The van der Waals surface area contributed by atoms with Crippen molar-refractivity contribution in [3.8, 4) is 0 Å². The number of aliphatic hydroxyl groups is 2. The molecule has 3 unspecified atom stereocenters. The van der Waals surface area contributed by atoms with Crippen molar-refractivity contribution in [2.45, 2.75) is 63.3 Å². The topological polar surface area (TPSA) is 141 Å². The molecule has 32 heavy (non-hydrogen) atoms. The van der Waals surface area contributed by atoms with Crippen LogP contribution in [0.5, 0.6) is 0 Å². The Morgan fingerprint density at radius 1 is 1.03 bits per heavy atom. The van der Waals surface area contributed by atoms with Crippen LogP contribution >= 0.6 is 23.2 Å². The van der Waals surface area contributed by atoms with Crippen LogP contribution in [0.15, 0.2) is 18.2 Å². The summed E-state index contributed by atoms with van der Waals surface area (Å²) in [5.74, 6) is -2.86. The summed E-state index contributed by atoms with van der Waals surface area (Å²) in [7, 11) is 0. The first kappa shape index (κ1) is 26.8. The molecule has 2 fully saturated rings. The van der Waals surface area contributed by atoms with Crippen LogP contribution in [0.3, 0.4) is 0 Å². The third-order valence-electron chi connectivity index (χ3n) is 6.59. The summed E-state index contributed by atoms with van der Waals surface area (Å²) in [6.07, 6.45) is 3.62. The Balaban J connectivity index is 0.000000309. The van der Waals surface area contributed by atoms with Crippen LogP contribution in [-0.2, 0) is 16.1 Å².